The molecule has 3 heterocycles. The van der Waals surface area contributed by atoms with Gasteiger partial charge in [-0.3, -0.25) is 0 Å². The Morgan fingerprint density at radius 2 is 1.02 bits per heavy atom. The van der Waals surface area contributed by atoms with Crippen molar-refractivity contribution in [2.24, 2.45) is 0 Å². The first-order chi connectivity index (χ1) is 26.3. The zero-order valence-corrected chi connectivity index (χ0v) is 35.3. The molecule has 4 heteroatoms. The van der Waals surface area contributed by atoms with Crippen LogP contribution in [-0.4, -0.2) is 6.85 Å². The molecule has 0 radical (unpaired) electrons. The van der Waals surface area contributed by atoms with Gasteiger partial charge in [-0.15, -0.1) is 0 Å². The maximum atomic E-state index is 6.63. The second kappa shape index (κ2) is 12.1. The summed E-state index contributed by atoms with van der Waals surface area (Å²) < 4.78 is 6.63. The SMILES string of the molecule is CC(C)(C)c1ccc(N2B3c4cc(C(C)(C)C)ccc4N(c4ccc(C(C)(C)C)cc4)c4cc(C(C)(C)C)cc(c43)-c3c2ccc2oc4ccccc4c32)cc1. The van der Waals surface area contributed by atoms with Crippen molar-refractivity contribution >= 4 is 68.1 Å². The number of benzene rings is 6. The van der Waals surface area contributed by atoms with Crippen LogP contribution in [0.1, 0.15) is 105 Å². The first-order valence-corrected chi connectivity index (χ1v) is 20.4. The smallest absolute Gasteiger partial charge is 0.333 e. The number of rotatable bonds is 2. The number of para-hydroxylation sites is 1. The maximum Gasteiger partial charge on any atom is 0.333 e. The minimum absolute atomic E-state index is 0.0267. The van der Waals surface area contributed by atoms with Crippen LogP contribution >= 0.6 is 0 Å². The Bertz CT molecular complexity index is 2670. The van der Waals surface area contributed by atoms with Gasteiger partial charge >= 0.3 is 6.85 Å². The molecule has 0 atom stereocenters. The van der Waals surface area contributed by atoms with Crippen molar-refractivity contribution in [3.63, 3.8) is 0 Å². The van der Waals surface area contributed by atoms with E-state index in [-0.39, 0.29) is 28.5 Å². The molecule has 2 aliphatic rings. The maximum absolute atomic E-state index is 6.63. The van der Waals surface area contributed by atoms with Crippen molar-refractivity contribution in [2.45, 2.75) is 105 Å². The molecule has 0 fully saturated rings. The minimum atomic E-state index is -0.0917. The Hall–Kier alpha value is -5.22. The molecule has 1 aromatic heterocycles. The molecule has 0 amide bonds. The summed E-state index contributed by atoms with van der Waals surface area (Å²) in [5.74, 6) is 0. The lowest BCUT2D eigenvalue weighted by Crippen LogP contribution is -2.62. The number of hydrogen-bond donors (Lipinski definition) is 0. The third-order valence-electron chi connectivity index (χ3n) is 12.3. The number of anilines is 5. The molecule has 282 valence electrons. The van der Waals surface area contributed by atoms with Gasteiger partial charge in [0.25, 0.3) is 0 Å². The summed E-state index contributed by atoms with van der Waals surface area (Å²) in [6.45, 7) is 27.7. The van der Waals surface area contributed by atoms with Gasteiger partial charge in [-0.25, -0.2) is 0 Å². The van der Waals surface area contributed by atoms with Crippen LogP contribution in [0.3, 0.4) is 0 Å². The Morgan fingerprint density at radius 1 is 0.464 bits per heavy atom. The highest BCUT2D eigenvalue weighted by atomic mass is 16.3. The summed E-state index contributed by atoms with van der Waals surface area (Å²) in [5.41, 5.74) is 18.3. The van der Waals surface area contributed by atoms with Gasteiger partial charge in [0.2, 0.25) is 0 Å². The van der Waals surface area contributed by atoms with Crippen LogP contribution in [0.4, 0.5) is 28.4 Å². The third kappa shape index (κ3) is 5.70. The van der Waals surface area contributed by atoms with E-state index < -0.39 is 0 Å². The summed E-state index contributed by atoms with van der Waals surface area (Å²) in [6.07, 6.45) is 0. The van der Waals surface area contributed by atoms with Gasteiger partial charge in [0.1, 0.15) is 11.2 Å². The lowest BCUT2D eigenvalue weighted by atomic mass is 9.43. The summed E-state index contributed by atoms with van der Waals surface area (Å²) in [6, 6.07) is 44.0. The van der Waals surface area contributed by atoms with Crippen molar-refractivity contribution in [3.05, 3.63) is 138 Å². The lowest BCUT2D eigenvalue weighted by molar-refractivity contribution is 0.590. The molecule has 0 N–H and O–H groups in total. The van der Waals surface area contributed by atoms with Crippen molar-refractivity contribution in [3.8, 4) is 11.1 Å². The molecular formula is C52H55BN2O. The van der Waals surface area contributed by atoms with Gasteiger partial charge < -0.3 is 14.1 Å². The second-order valence-electron chi connectivity index (χ2n) is 20.4. The molecule has 0 spiro atoms. The van der Waals surface area contributed by atoms with Gasteiger partial charge in [0.15, 0.2) is 0 Å². The number of furan rings is 1. The van der Waals surface area contributed by atoms with Crippen LogP contribution < -0.4 is 20.6 Å². The summed E-state index contributed by atoms with van der Waals surface area (Å²) in [4.78, 5) is 5.19. The molecule has 0 bridgehead atoms. The molecule has 0 aliphatic carbocycles. The largest absolute Gasteiger partial charge is 0.456 e. The molecule has 7 aromatic rings. The van der Waals surface area contributed by atoms with Crippen molar-refractivity contribution in [1.82, 2.24) is 0 Å². The van der Waals surface area contributed by atoms with Gasteiger partial charge in [-0.05, 0) is 115 Å². The predicted molar refractivity (Wildman–Crippen MR) is 242 cm³/mol. The van der Waals surface area contributed by atoms with Crippen LogP contribution in [0, 0.1) is 0 Å². The Morgan fingerprint density at radius 3 is 1.62 bits per heavy atom. The quantitative estimate of drug-likeness (QED) is 0.165. The zero-order valence-electron chi connectivity index (χ0n) is 35.3. The van der Waals surface area contributed by atoms with Crippen LogP contribution in [0.15, 0.2) is 120 Å². The predicted octanol–water partition coefficient (Wildman–Crippen LogP) is 13.5. The molecule has 3 nitrogen and oxygen atoms in total. The molecule has 56 heavy (non-hydrogen) atoms. The van der Waals surface area contributed by atoms with Crippen LogP contribution in [0.5, 0.6) is 0 Å². The van der Waals surface area contributed by atoms with E-state index in [9.17, 15) is 0 Å². The van der Waals surface area contributed by atoms with E-state index >= 15 is 0 Å². The van der Waals surface area contributed by atoms with E-state index in [4.69, 9.17) is 4.42 Å². The van der Waals surface area contributed by atoms with E-state index in [0.29, 0.717) is 0 Å². The highest BCUT2D eigenvalue weighted by Crippen LogP contribution is 2.52. The zero-order chi connectivity index (χ0) is 39.7. The van der Waals surface area contributed by atoms with Gasteiger partial charge in [-0.2, -0.15) is 0 Å². The van der Waals surface area contributed by atoms with Crippen molar-refractivity contribution in [2.75, 3.05) is 9.71 Å². The number of hydrogen-bond acceptors (Lipinski definition) is 3. The highest BCUT2D eigenvalue weighted by molar-refractivity contribution is 6.93. The molecule has 2 aliphatic heterocycles. The molecular weight excluding hydrogens is 679 g/mol. The van der Waals surface area contributed by atoms with E-state index in [0.717, 1.165) is 16.6 Å². The van der Waals surface area contributed by atoms with Gasteiger partial charge in [0.05, 0.1) is 0 Å². The van der Waals surface area contributed by atoms with Crippen LogP contribution in [-0.2, 0) is 21.7 Å². The monoisotopic (exact) mass is 734 g/mol. The summed E-state index contributed by atoms with van der Waals surface area (Å²) in [5, 5.41) is 2.33. The molecule has 0 saturated carbocycles. The highest BCUT2D eigenvalue weighted by Gasteiger charge is 2.47. The van der Waals surface area contributed by atoms with E-state index in [1.807, 2.05) is 0 Å². The molecule has 6 aromatic carbocycles. The summed E-state index contributed by atoms with van der Waals surface area (Å²) in [7, 11) is 0. The van der Waals surface area contributed by atoms with Crippen molar-refractivity contribution < 1.29 is 4.42 Å². The normalized spacial score (nSPS) is 14.3. The first kappa shape index (κ1) is 36.4. The van der Waals surface area contributed by atoms with Gasteiger partial charge in [-0.1, -0.05) is 144 Å². The second-order valence-corrected chi connectivity index (χ2v) is 20.4. The Kier molecular flexibility index (Phi) is 7.90. The fraction of sp³-hybridized carbons (Fsp3) is 0.308. The van der Waals surface area contributed by atoms with Gasteiger partial charge in [0, 0.05) is 44.8 Å². The molecule has 0 saturated heterocycles. The summed E-state index contributed by atoms with van der Waals surface area (Å²) >= 11 is 0. The number of nitrogens with zero attached hydrogens (tertiary/aromatic N) is 2. The van der Waals surface area contributed by atoms with E-state index in [1.54, 1.807) is 0 Å². The van der Waals surface area contributed by atoms with Crippen LogP contribution in [0.25, 0.3) is 33.1 Å². The average molecular weight is 735 g/mol. The fourth-order valence-electron chi connectivity index (χ4n) is 8.96. The van der Waals surface area contributed by atoms with Crippen molar-refractivity contribution in [1.29, 1.82) is 0 Å². The Labute approximate surface area is 334 Å². The Balaban J connectivity index is 1.44. The third-order valence-corrected chi connectivity index (χ3v) is 12.3. The topological polar surface area (TPSA) is 19.6 Å². The number of fused-ring (bicyclic) bond motifs is 8. The van der Waals surface area contributed by atoms with E-state index in [1.165, 1.54) is 78.1 Å². The standard InChI is InChI=1S/C52H55BN2O/c1-49(2,3)32-17-22-36(23-18-32)54-41-26-21-34(51(7,8)9)30-40(41)53-48-39(29-35(31-43(48)54)52(10,11)12)46-42(55(53)37-24-19-33(20-25-37)50(4,5)6)27-28-45-47(46)38-15-13-14-16-44(38)56-45/h13-31H,1-12H3. The first-order valence-electron chi connectivity index (χ1n) is 20.4. The average Bonchev–Trinajstić information content (AvgIpc) is 3.52. The van der Waals surface area contributed by atoms with Crippen LogP contribution in [0.2, 0.25) is 0 Å². The molecule has 0 unspecified atom stereocenters. The lowest BCUT2D eigenvalue weighted by Gasteiger charge is -2.47. The van der Waals surface area contributed by atoms with E-state index in [2.05, 4.69) is 208 Å². The molecule has 9 rings (SSSR count). The fourth-order valence-corrected chi connectivity index (χ4v) is 8.96. The minimum Gasteiger partial charge on any atom is -0.456 e.